The largest absolute Gasteiger partial charge is 0.510 e. The SMILES string of the molecule is C=C(N)C1=C(O)[C@@H](N(C)C)[C@@H]2C[C@@H]3Cc4c(c(C)cc(C5CN(S(C)(=O)=O)CCN5CC)c4C(F)(F)F)C(=C)C3=C(C)[C@]2(C)C1=C. The van der Waals surface area contributed by atoms with Gasteiger partial charge >= 0.3 is 6.18 Å². The second-order valence-corrected chi connectivity index (χ2v) is 15.9. The zero-order valence-electron chi connectivity index (χ0n) is 28.0. The minimum Gasteiger partial charge on any atom is -0.510 e. The Labute approximate surface area is 271 Å². The molecule has 0 spiro atoms. The molecule has 11 heteroatoms. The summed E-state index contributed by atoms with van der Waals surface area (Å²) >= 11 is 0. The Balaban J connectivity index is 1.74. The monoisotopic (exact) mass is 660 g/mol. The summed E-state index contributed by atoms with van der Waals surface area (Å²) in [5.74, 6) is -0.393. The molecule has 1 aliphatic heterocycles. The fourth-order valence-electron chi connectivity index (χ4n) is 9.08. The summed E-state index contributed by atoms with van der Waals surface area (Å²) in [5, 5.41) is 11.5. The number of piperazine rings is 1. The number of likely N-dealkylation sites (N-methyl/N-ethyl adjacent to an activating group) is 2. The first-order valence-corrected chi connectivity index (χ1v) is 17.6. The second-order valence-electron chi connectivity index (χ2n) is 13.9. The number of hydrogen-bond acceptors (Lipinski definition) is 6. The zero-order chi connectivity index (χ0) is 34.4. The van der Waals surface area contributed by atoms with Crippen molar-refractivity contribution in [3.8, 4) is 0 Å². The number of aryl methyl sites for hydroxylation is 1. The van der Waals surface area contributed by atoms with Crippen LogP contribution in [0.1, 0.15) is 61.1 Å². The number of aliphatic hydroxyl groups is 1. The van der Waals surface area contributed by atoms with Crippen LogP contribution in [0.25, 0.3) is 5.57 Å². The maximum atomic E-state index is 15.4. The van der Waals surface area contributed by atoms with Crippen molar-refractivity contribution in [1.82, 2.24) is 14.1 Å². The Hall–Kier alpha value is -2.86. The summed E-state index contributed by atoms with van der Waals surface area (Å²) in [7, 11) is 0.147. The van der Waals surface area contributed by atoms with E-state index in [2.05, 4.69) is 26.7 Å². The number of rotatable bonds is 5. The van der Waals surface area contributed by atoms with Crippen molar-refractivity contribution in [2.24, 2.45) is 23.0 Å². The lowest BCUT2D eigenvalue weighted by atomic mass is 9.50. The third-order valence-corrected chi connectivity index (χ3v) is 12.6. The highest BCUT2D eigenvalue weighted by Crippen LogP contribution is 2.62. The lowest BCUT2D eigenvalue weighted by Crippen LogP contribution is -2.53. The van der Waals surface area contributed by atoms with Crippen LogP contribution < -0.4 is 5.73 Å². The van der Waals surface area contributed by atoms with Crippen molar-refractivity contribution in [1.29, 1.82) is 0 Å². The maximum absolute atomic E-state index is 15.4. The van der Waals surface area contributed by atoms with E-state index in [9.17, 15) is 13.5 Å². The van der Waals surface area contributed by atoms with Crippen LogP contribution in [0, 0.1) is 24.2 Å². The van der Waals surface area contributed by atoms with E-state index >= 15 is 13.2 Å². The predicted octanol–water partition coefficient (Wildman–Crippen LogP) is 5.96. The van der Waals surface area contributed by atoms with E-state index in [0.717, 1.165) is 17.4 Å². The highest BCUT2D eigenvalue weighted by atomic mass is 32.2. The molecule has 5 rings (SSSR count). The average molecular weight is 661 g/mol. The van der Waals surface area contributed by atoms with Crippen molar-refractivity contribution in [2.45, 2.75) is 58.8 Å². The van der Waals surface area contributed by atoms with Crippen LogP contribution in [-0.4, -0.2) is 80.2 Å². The highest BCUT2D eigenvalue weighted by molar-refractivity contribution is 7.88. The Morgan fingerprint density at radius 2 is 1.85 bits per heavy atom. The highest BCUT2D eigenvalue weighted by Gasteiger charge is 2.56. The number of sulfonamides is 1. The summed E-state index contributed by atoms with van der Waals surface area (Å²) in [5.41, 5.74) is 10.2. The van der Waals surface area contributed by atoms with E-state index in [1.165, 1.54) is 4.31 Å². The summed E-state index contributed by atoms with van der Waals surface area (Å²) in [6.45, 7) is 21.6. The quantitative estimate of drug-likeness (QED) is 0.405. The van der Waals surface area contributed by atoms with Gasteiger partial charge in [0, 0.05) is 42.4 Å². The van der Waals surface area contributed by atoms with E-state index in [1.807, 2.05) is 44.7 Å². The fourth-order valence-corrected chi connectivity index (χ4v) is 9.91. The standard InChI is InChI=1S/C35H47F3N4O3S/c1-11-41-12-13-42(46(10,44)45)17-27(41)24-14-18(2)28-19(3)29-20(4)34(7)21(5)30(22(6)39)33(43)32(40(8)9)26(34)16-23(29)15-25(28)31(24)35(36,37)38/h14,23,26-27,32,43H,3,5-6,11-13,15-17,39H2,1-2,4,7-10H3/t23-,26-,27?,32-,34+/m0/s1. The lowest BCUT2D eigenvalue weighted by Gasteiger charge is -2.56. The minimum absolute atomic E-state index is 0.0456. The maximum Gasteiger partial charge on any atom is 0.417 e. The van der Waals surface area contributed by atoms with Crippen molar-refractivity contribution >= 4 is 15.6 Å². The number of alkyl halides is 3. The van der Waals surface area contributed by atoms with E-state index in [1.54, 1.807) is 6.07 Å². The van der Waals surface area contributed by atoms with Gasteiger partial charge in [0.15, 0.2) is 0 Å². The van der Waals surface area contributed by atoms with Gasteiger partial charge < -0.3 is 10.8 Å². The number of halogens is 3. The molecule has 0 amide bonds. The molecule has 46 heavy (non-hydrogen) atoms. The molecule has 3 N–H and O–H groups in total. The molecule has 1 fully saturated rings. The van der Waals surface area contributed by atoms with Gasteiger partial charge in [0.05, 0.1) is 17.9 Å². The first-order valence-electron chi connectivity index (χ1n) is 15.7. The normalized spacial score (nSPS) is 29.6. The molecule has 5 atom stereocenters. The number of benzene rings is 1. The molecule has 0 bridgehead atoms. The molecule has 1 aromatic rings. The number of allylic oxidation sites excluding steroid dienone is 4. The molecule has 0 radical (unpaired) electrons. The molecular formula is C35H47F3N4O3S. The Morgan fingerprint density at radius 1 is 1.22 bits per heavy atom. The van der Waals surface area contributed by atoms with Crippen LogP contribution in [0.3, 0.4) is 0 Å². The van der Waals surface area contributed by atoms with Crippen LogP contribution in [0.5, 0.6) is 0 Å². The van der Waals surface area contributed by atoms with Gasteiger partial charge in [0.25, 0.3) is 0 Å². The topological polar surface area (TPSA) is 90.1 Å². The predicted molar refractivity (Wildman–Crippen MR) is 177 cm³/mol. The fraction of sp³-hybridized carbons (Fsp3) is 0.543. The second kappa shape index (κ2) is 11.4. The molecular weight excluding hydrogens is 613 g/mol. The number of nitrogens with two attached hydrogens (primary N) is 1. The summed E-state index contributed by atoms with van der Waals surface area (Å²) in [4.78, 5) is 3.86. The van der Waals surface area contributed by atoms with Gasteiger partial charge in [0.1, 0.15) is 5.76 Å². The van der Waals surface area contributed by atoms with E-state index in [-0.39, 0.29) is 53.9 Å². The third kappa shape index (κ3) is 5.09. The van der Waals surface area contributed by atoms with E-state index in [4.69, 9.17) is 5.73 Å². The molecule has 1 unspecified atom stereocenters. The molecule has 1 aromatic carbocycles. The number of fused-ring (bicyclic) bond motifs is 3. The lowest BCUT2D eigenvalue weighted by molar-refractivity contribution is -0.139. The summed E-state index contributed by atoms with van der Waals surface area (Å²) < 4.78 is 72.4. The molecule has 252 valence electrons. The zero-order valence-corrected chi connectivity index (χ0v) is 28.8. The van der Waals surface area contributed by atoms with Gasteiger partial charge in [-0.1, -0.05) is 45.2 Å². The van der Waals surface area contributed by atoms with E-state index < -0.39 is 39.3 Å². The van der Waals surface area contributed by atoms with Gasteiger partial charge in [-0.3, -0.25) is 9.80 Å². The van der Waals surface area contributed by atoms with Crippen LogP contribution in [0.15, 0.2) is 59.6 Å². The van der Waals surface area contributed by atoms with Crippen molar-refractivity contribution in [3.63, 3.8) is 0 Å². The van der Waals surface area contributed by atoms with Crippen LogP contribution in [-0.2, 0) is 22.6 Å². The van der Waals surface area contributed by atoms with Crippen LogP contribution in [0.4, 0.5) is 13.2 Å². The summed E-state index contributed by atoms with van der Waals surface area (Å²) in [6.07, 6.45) is -2.92. The average Bonchev–Trinajstić information content (AvgIpc) is 2.92. The minimum atomic E-state index is -4.68. The number of nitrogens with zero attached hydrogens (tertiary/aromatic N) is 3. The number of aliphatic hydroxyl groups excluding tert-OH is 1. The molecule has 1 heterocycles. The van der Waals surface area contributed by atoms with Crippen LogP contribution >= 0.6 is 0 Å². The van der Waals surface area contributed by atoms with Gasteiger partial charge in [-0.2, -0.15) is 17.5 Å². The molecule has 1 saturated heterocycles. The van der Waals surface area contributed by atoms with Gasteiger partial charge in [-0.05, 0) is 98.1 Å². The van der Waals surface area contributed by atoms with Gasteiger partial charge in [0.2, 0.25) is 10.0 Å². The molecule has 3 aliphatic carbocycles. The van der Waals surface area contributed by atoms with Crippen molar-refractivity contribution in [2.75, 3.05) is 46.5 Å². The molecule has 4 aliphatic rings. The molecule has 0 saturated carbocycles. The van der Waals surface area contributed by atoms with E-state index in [0.29, 0.717) is 47.4 Å². The molecule has 7 nitrogen and oxygen atoms in total. The molecule has 0 aromatic heterocycles. The first-order chi connectivity index (χ1) is 21.2. The van der Waals surface area contributed by atoms with Crippen molar-refractivity contribution < 1.29 is 26.7 Å². The smallest absolute Gasteiger partial charge is 0.417 e. The summed E-state index contributed by atoms with van der Waals surface area (Å²) in [6, 6.07) is 0.406. The Bertz CT molecular complexity index is 1710. The number of hydrogen-bond donors (Lipinski definition) is 2. The Morgan fingerprint density at radius 3 is 2.37 bits per heavy atom. The van der Waals surface area contributed by atoms with Crippen LogP contribution in [0.2, 0.25) is 0 Å². The van der Waals surface area contributed by atoms with Gasteiger partial charge in [-0.15, -0.1) is 0 Å². The third-order valence-electron chi connectivity index (χ3n) is 11.3. The first kappa shape index (κ1) is 34.5. The van der Waals surface area contributed by atoms with Crippen molar-refractivity contribution in [3.05, 3.63) is 87.4 Å². The Kier molecular flexibility index (Phi) is 8.53. The van der Waals surface area contributed by atoms with Gasteiger partial charge in [-0.25, -0.2) is 8.42 Å².